The summed E-state index contributed by atoms with van der Waals surface area (Å²) in [7, 11) is 1.06. The maximum absolute atomic E-state index is 12.6. The van der Waals surface area contributed by atoms with Gasteiger partial charge in [0, 0.05) is 19.7 Å². The van der Waals surface area contributed by atoms with Gasteiger partial charge in [0.1, 0.15) is 5.75 Å². The number of carbonyl (C=O) groups excluding carboxylic acids is 1. The summed E-state index contributed by atoms with van der Waals surface area (Å²) < 4.78 is 30.5. The van der Waals surface area contributed by atoms with Gasteiger partial charge in [-0.2, -0.15) is 0 Å². The van der Waals surface area contributed by atoms with Crippen molar-refractivity contribution in [3.05, 3.63) is 59.7 Å². The second-order valence-corrected chi connectivity index (χ2v) is 8.73. The van der Waals surface area contributed by atoms with Crippen molar-refractivity contribution in [3.63, 3.8) is 0 Å². The summed E-state index contributed by atoms with van der Waals surface area (Å²) in [6, 6.07) is 13.7. The molecule has 1 fully saturated rings. The van der Waals surface area contributed by atoms with Gasteiger partial charge in [0.05, 0.1) is 17.5 Å². The van der Waals surface area contributed by atoms with Crippen LogP contribution in [-0.4, -0.2) is 39.8 Å². The highest BCUT2D eigenvalue weighted by Gasteiger charge is 2.45. The average molecular weight is 374 g/mol. The Bertz CT molecular complexity index is 900. The molecule has 0 unspecified atom stereocenters. The topological polar surface area (TPSA) is 75.7 Å². The molecule has 26 heavy (non-hydrogen) atoms. The zero-order chi connectivity index (χ0) is 18.9. The fourth-order valence-corrected chi connectivity index (χ4v) is 3.70. The number of methoxy groups -OCH3 is 1. The Balaban J connectivity index is 1.75. The summed E-state index contributed by atoms with van der Waals surface area (Å²) in [6.45, 7) is 0. The lowest BCUT2D eigenvalue weighted by Crippen LogP contribution is -2.34. The molecular weight excluding hydrogens is 352 g/mol. The lowest BCUT2D eigenvalue weighted by molar-refractivity contribution is 0.0930. The number of carbonyl (C=O) groups is 1. The molecule has 7 heteroatoms. The van der Waals surface area contributed by atoms with Crippen LogP contribution in [-0.2, 0) is 15.6 Å². The summed E-state index contributed by atoms with van der Waals surface area (Å²) in [5.74, 6) is 0.556. The summed E-state index contributed by atoms with van der Waals surface area (Å²) in [5.41, 5.74) is 1.12. The molecule has 2 aromatic rings. The molecule has 0 spiro atoms. The lowest BCUT2D eigenvalue weighted by Gasteiger charge is -2.18. The van der Waals surface area contributed by atoms with Crippen LogP contribution in [0, 0.1) is 0 Å². The van der Waals surface area contributed by atoms with Crippen LogP contribution in [0.25, 0.3) is 0 Å². The number of nitrogens with zero attached hydrogens (tertiary/aromatic N) is 1. The molecular formula is C19H22N2O4S. The first-order chi connectivity index (χ1) is 12.3. The molecule has 0 saturated heterocycles. The first kappa shape index (κ1) is 18.4. The molecule has 0 radical (unpaired) electrons. The Labute approximate surface area is 153 Å². The van der Waals surface area contributed by atoms with Crippen molar-refractivity contribution in [2.75, 3.05) is 21.2 Å². The van der Waals surface area contributed by atoms with E-state index in [4.69, 9.17) is 4.74 Å². The van der Waals surface area contributed by atoms with Gasteiger partial charge in [0.25, 0.3) is 5.91 Å². The third-order valence-corrected chi connectivity index (χ3v) is 6.47. The number of rotatable bonds is 6. The Hall–Kier alpha value is -2.38. The molecule has 0 heterocycles. The standard InChI is InChI=1S/C19H22N2O4S/c1-21(2)26(23,24)17-10-4-14(5-11-17)18(22)20-19(12-13-19)15-6-8-16(25-3)9-7-15/h4-11H,12-13H2,1-3H3,(H,20,22). The molecule has 0 bridgehead atoms. The van der Waals surface area contributed by atoms with Gasteiger partial charge in [-0.1, -0.05) is 12.1 Å². The molecule has 6 nitrogen and oxygen atoms in total. The van der Waals surface area contributed by atoms with Crippen LogP contribution in [0.1, 0.15) is 28.8 Å². The SMILES string of the molecule is COc1ccc(C2(NC(=O)c3ccc(S(=O)(=O)N(C)C)cc3)CC2)cc1. The monoisotopic (exact) mass is 374 g/mol. The van der Waals surface area contributed by atoms with E-state index in [2.05, 4.69) is 5.32 Å². The van der Waals surface area contributed by atoms with Crippen LogP contribution in [0.4, 0.5) is 0 Å². The largest absolute Gasteiger partial charge is 0.497 e. The molecule has 1 N–H and O–H groups in total. The van der Waals surface area contributed by atoms with Crippen molar-refractivity contribution in [3.8, 4) is 5.75 Å². The van der Waals surface area contributed by atoms with Crippen LogP contribution >= 0.6 is 0 Å². The fraction of sp³-hybridized carbons (Fsp3) is 0.316. The molecule has 2 aromatic carbocycles. The first-order valence-electron chi connectivity index (χ1n) is 8.28. The van der Waals surface area contributed by atoms with E-state index in [0.29, 0.717) is 5.56 Å². The second-order valence-electron chi connectivity index (χ2n) is 6.58. The van der Waals surface area contributed by atoms with Gasteiger partial charge in [-0.15, -0.1) is 0 Å². The highest BCUT2D eigenvalue weighted by atomic mass is 32.2. The van der Waals surface area contributed by atoms with Crippen molar-refractivity contribution in [2.24, 2.45) is 0 Å². The number of ether oxygens (including phenoxy) is 1. The zero-order valence-electron chi connectivity index (χ0n) is 15.0. The molecule has 1 saturated carbocycles. The quantitative estimate of drug-likeness (QED) is 0.842. The smallest absolute Gasteiger partial charge is 0.251 e. The average Bonchev–Trinajstić information content (AvgIpc) is 3.42. The Morgan fingerprint density at radius 1 is 1.04 bits per heavy atom. The normalized spacial score (nSPS) is 15.5. The van der Waals surface area contributed by atoms with Crippen molar-refractivity contribution in [2.45, 2.75) is 23.3 Å². The van der Waals surface area contributed by atoms with E-state index in [1.165, 1.54) is 38.4 Å². The predicted molar refractivity (Wildman–Crippen MR) is 98.7 cm³/mol. The lowest BCUT2D eigenvalue weighted by atomic mass is 10.0. The number of sulfonamides is 1. The van der Waals surface area contributed by atoms with E-state index >= 15 is 0 Å². The van der Waals surface area contributed by atoms with Crippen LogP contribution in [0.15, 0.2) is 53.4 Å². The van der Waals surface area contributed by atoms with Gasteiger partial charge >= 0.3 is 0 Å². The van der Waals surface area contributed by atoms with Crippen molar-refractivity contribution in [1.29, 1.82) is 0 Å². The summed E-state index contributed by atoms with van der Waals surface area (Å²) in [5, 5.41) is 3.08. The third kappa shape index (κ3) is 3.45. The summed E-state index contributed by atoms with van der Waals surface area (Å²) in [4.78, 5) is 12.8. The van der Waals surface area contributed by atoms with Crippen LogP contribution in [0.2, 0.25) is 0 Å². The van der Waals surface area contributed by atoms with E-state index in [9.17, 15) is 13.2 Å². The number of hydrogen-bond acceptors (Lipinski definition) is 4. The molecule has 138 valence electrons. The maximum atomic E-state index is 12.6. The predicted octanol–water partition coefficient (Wildman–Crippen LogP) is 2.36. The Kier molecular flexibility index (Phi) is 4.77. The molecule has 1 aliphatic carbocycles. The van der Waals surface area contributed by atoms with E-state index in [-0.39, 0.29) is 16.3 Å². The van der Waals surface area contributed by atoms with Gasteiger partial charge < -0.3 is 10.1 Å². The Morgan fingerprint density at radius 3 is 2.08 bits per heavy atom. The number of nitrogens with one attached hydrogen (secondary N) is 1. The summed E-state index contributed by atoms with van der Waals surface area (Å²) >= 11 is 0. The molecule has 1 aliphatic rings. The second kappa shape index (κ2) is 6.74. The van der Waals surface area contributed by atoms with Crippen molar-refractivity contribution in [1.82, 2.24) is 9.62 Å². The highest BCUT2D eigenvalue weighted by molar-refractivity contribution is 7.89. The summed E-state index contributed by atoms with van der Waals surface area (Å²) in [6.07, 6.45) is 1.75. The van der Waals surface area contributed by atoms with Gasteiger partial charge in [0.15, 0.2) is 0 Å². The van der Waals surface area contributed by atoms with E-state index in [1.54, 1.807) is 7.11 Å². The minimum atomic E-state index is -3.50. The molecule has 1 amide bonds. The van der Waals surface area contributed by atoms with Crippen molar-refractivity contribution < 1.29 is 17.9 Å². The van der Waals surface area contributed by atoms with Gasteiger partial charge in [0.2, 0.25) is 10.0 Å². The van der Waals surface area contributed by atoms with Gasteiger partial charge in [-0.25, -0.2) is 12.7 Å². The van der Waals surface area contributed by atoms with Crippen LogP contribution < -0.4 is 10.1 Å². The number of benzene rings is 2. The van der Waals surface area contributed by atoms with Gasteiger partial charge in [-0.05, 0) is 54.8 Å². The minimum absolute atomic E-state index is 0.162. The number of amides is 1. The van der Waals surface area contributed by atoms with E-state index in [1.807, 2.05) is 24.3 Å². The Morgan fingerprint density at radius 2 is 1.62 bits per heavy atom. The highest BCUT2D eigenvalue weighted by Crippen LogP contribution is 2.46. The molecule has 0 aromatic heterocycles. The first-order valence-corrected chi connectivity index (χ1v) is 9.72. The van der Waals surface area contributed by atoms with E-state index < -0.39 is 10.0 Å². The van der Waals surface area contributed by atoms with Crippen LogP contribution in [0.5, 0.6) is 5.75 Å². The van der Waals surface area contributed by atoms with Gasteiger partial charge in [-0.3, -0.25) is 4.79 Å². The zero-order valence-corrected chi connectivity index (χ0v) is 15.8. The molecule has 0 atom stereocenters. The van der Waals surface area contributed by atoms with Crippen molar-refractivity contribution >= 4 is 15.9 Å². The molecule has 0 aliphatic heterocycles. The third-order valence-electron chi connectivity index (χ3n) is 4.64. The molecule has 3 rings (SSSR count). The minimum Gasteiger partial charge on any atom is -0.497 e. The fourth-order valence-electron chi connectivity index (χ4n) is 2.80. The van der Waals surface area contributed by atoms with Crippen LogP contribution in [0.3, 0.4) is 0 Å². The number of hydrogen-bond donors (Lipinski definition) is 1. The van der Waals surface area contributed by atoms with E-state index in [0.717, 1.165) is 28.5 Å². The maximum Gasteiger partial charge on any atom is 0.251 e.